The number of sulfone groups is 1. The molecule has 1 unspecified atom stereocenters. The van der Waals surface area contributed by atoms with Gasteiger partial charge in [-0.25, -0.2) is 13.2 Å². The van der Waals surface area contributed by atoms with E-state index in [2.05, 4.69) is 0 Å². The van der Waals surface area contributed by atoms with Crippen molar-refractivity contribution in [2.75, 3.05) is 13.2 Å². The Morgan fingerprint density at radius 2 is 1.89 bits per heavy atom. The first-order valence-corrected chi connectivity index (χ1v) is 10.8. The molecule has 4 rings (SSSR count). The molecule has 2 aromatic rings. The van der Waals surface area contributed by atoms with Crippen molar-refractivity contribution < 1.29 is 22.7 Å². The van der Waals surface area contributed by atoms with Gasteiger partial charge in [-0.2, -0.15) is 0 Å². The fourth-order valence-corrected chi connectivity index (χ4v) is 4.99. The van der Waals surface area contributed by atoms with E-state index in [0.29, 0.717) is 17.7 Å². The smallest absolute Gasteiger partial charge is 0.338 e. The van der Waals surface area contributed by atoms with Crippen LogP contribution >= 0.6 is 0 Å². The zero-order valence-electron chi connectivity index (χ0n) is 15.0. The van der Waals surface area contributed by atoms with Gasteiger partial charge >= 0.3 is 5.97 Å². The summed E-state index contributed by atoms with van der Waals surface area (Å²) < 4.78 is 36.4. The van der Waals surface area contributed by atoms with Crippen LogP contribution in [0.1, 0.15) is 35.2 Å². The lowest BCUT2D eigenvalue weighted by atomic mass is 9.99. The lowest BCUT2D eigenvalue weighted by Gasteiger charge is -2.22. The number of hydrogen-bond donors (Lipinski definition) is 0. The Bertz CT molecular complexity index is 926. The summed E-state index contributed by atoms with van der Waals surface area (Å²) in [6.07, 6.45) is 2.66. The minimum absolute atomic E-state index is 0.153. The predicted octanol–water partition coefficient (Wildman–Crippen LogP) is 3.39. The third-order valence-electron chi connectivity index (χ3n) is 5.33. The van der Waals surface area contributed by atoms with Crippen LogP contribution in [-0.2, 0) is 25.1 Å². The van der Waals surface area contributed by atoms with Crippen LogP contribution in [0.4, 0.5) is 0 Å². The van der Waals surface area contributed by atoms with Gasteiger partial charge in [0, 0.05) is 12.5 Å². The highest BCUT2D eigenvalue weighted by Gasteiger charge is 2.54. The Hall–Kier alpha value is -2.18. The fourth-order valence-electron chi connectivity index (χ4n) is 3.63. The first-order valence-electron chi connectivity index (χ1n) is 9.16. The van der Waals surface area contributed by atoms with Gasteiger partial charge in [0.2, 0.25) is 0 Å². The molecule has 6 heteroatoms. The Morgan fingerprint density at radius 3 is 2.56 bits per heavy atom. The van der Waals surface area contributed by atoms with Crippen molar-refractivity contribution in [3.63, 3.8) is 0 Å². The number of rotatable bonds is 6. The summed E-state index contributed by atoms with van der Waals surface area (Å²) in [5.41, 5.74) is 0.572. The number of carbonyl (C=O) groups excluding carboxylic acids is 1. The highest BCUT2D eigenvalue weighted by atomic mass is 32.2. The van der Waals surface area contributed by atoms with E-state index in [0.717, 1.165) is 25.9 Å². The number of carbonyl (C=O) groups is 1. The van der Waals surface area contributed by atoms with Crippen molar-refractivity contribution in [1.82, 2.24) is 0 Å². The number of hydrogen-bond acceptors (Lipinski definition) is 5. The van der Waals surface area contributed by atoms with Crippen LogP contribution in [0.15, 0.2) is 59.5 Å². The Kier molecular flexibility index (Phi) is 4.78. The average Bonchev–Trinajstić information content (AvgIpc) is 3.23. The van der Waals surface area contributed by atoms with E-state index >= 15 is 0 Å². The molecule has 1 atom stereocenters. The van der Waals surface area contributed by atoms with Crippen molar-refractivity contribution >= 4 is 15.8 Å². The fraction of sp³-hybridized carbons (Fsp3) is 0.381. The number of benzene rings is 2. The molecule has 1 heterocycles. The van der Waals surface area contributed by atoms with Gasteiger partial charge in [0.05, 0.1) is 22.8 Å². The molecular formula is C21H22O5S. The highest BCUT2D eigenvalue weighted by molar-refractivity contribution is 7.90. The predicted molar refractivity (Wildman–Crippen MR) is 100 cm³/mol. The van der Waals surface area contributed by atoms with Crippen LogP contribution in [0, 0.1) is 5.92 Å². The quantitative estimate of drug-likeness (QED) is 0.712. The summed E-state index contributed by atoms with van der Waals surface area (Å²) in [5, 5.41) is 0. The maximum absolute atomic E-state index is 12.6. The molecule has 27 heavy (non-hydrogen) atoms. The Balaban J connectivity index is 1.48. The molecule has 1 aliphatic heterocycles. The molecule has 2 aliphatic rings. The summed E-state index contributed by atoms with van der Waals surface area (Å²) in [6, 6.07) is 15.0. The molecule has 0 radical (unpaired) electrons. The van der Waals surface area contributed by atoms with Gasteiger partial charge in [-0.05, 0) is 49.1 Å². The standard InChI is InChI=1S/C21H22O5S/c22-20(26-21(10-11-21)18-9-12-25-14-18)17-6-4-5-16(13-17)15-27(23,24)19-7-2-1-3-8-19/h1-8,13,18H,9-12,14-15H2. The van der Waals surface area contributed by atoms with Crippen LogP contribution in [0.5, 0.6) is 0 Å². The second kappa shape index (κ2) is 7.09. The average molecular weight is 386 g/mol. The van der Waals surface area contributed by atoms with E-state index in [1.54, 1.807) is 54.6 Å². The molecule has 0 bridgehead atoms. The van der Waals surface area contributed by atoms with E-state index < -0.39 is 15.8 Å². The normalized spacial score (nSPS) is 21.0. The van der Waals surface area contributed by atoms with E-state index in [1.807, 2.05) is 0 Å². The van der Waals surface area contributed by atoms with Crippen LogP contribution in [-0.4, -0.2) is 33.2 Å². The van der Waals surface area contributed by atoms with Crippen LogP contribution in [0.25, 0.3) is 0 Å². The molecule has 142 valence electrons. The minimum atomic E-state index is -3.46. The van der Waals surface area contributed by atoms with Gasteiger partial charge in [-0.3, -0.25) is 0 Å². The number of ether oxygens (including phenoxy) is 2. The molecule has 1 aliphatic carbocycles. The maximum Gasteiger partial charge on any atom is 0.338 e. The number of esters is 1. The molecule has 2 fully saturated rings. The lowest BCUT2D eigenvalue weighted by molar-refractivity contribution is 0.000821. The highest BCUT2D eigenvalue weighted by Crippen LogP contribution is 2.49. The van der Waals surface area contributed by atoms with Crippen molar-refractivity contribution in [3.8, 4) is 0 Å². The first-order chi connectivity index (χ1) is 13.0. The monoisotopic (exact) mass is 386 g/mol. The third kappa shape index (κ3) is 3.92. The summed E-state index contributed by atoms with van der Waals surface area (Å²) in [5.74, 6) is -0.277. The lowest BCUT2D eigenvalue weighted by Crippen LogP contribution is -2.29. The zero-order valence-corrected chi connectivity index (χ0v) is 15.8. The SMILES string of the molecule is O=C(OC1(C2CCOC2)CC1)c1cccc(CS(=O)(=O)c2ccccc2)c1. The maximum atomic E-state index is 12.6. The van der Waals surface area contributed by atoms with E-state index in [1.165, 1.54) is 0 Å². The van der Waals surface area contributed by atoms with Crippen molar-refractivity contribution in [2.45, 2.75) is 35.5 Å². The topological polar surface area (TPSA) is 69.7 Å². The van der Waals surface area contributed by atoms with Gasteiger partial charge in [0.1, 0.15) is 5.60 Å². The summed E-state index contributed by atoms with van der Waals surface area (Å²) >= 11 is 0. The molecule has 2 aromatic carbocycles. The molecule has 1 saturated carbocycles. The Morgan fingerprint density at radius 1 is 1.11 bits per heavy atom. The Labute approximate surface area is 159 Å². The van der Waals surface area contributed by atoms with E-state index in [9.17, 15) is 13.2 Å². The van der Waals surface area contributed by atoms with Crippen molar-refractivity contribution in [1.29, 1.82) is 0 Å². The van der Waals surface area contributed by atoms with E-state index in [-0.39, 0.29) is 22.2 Å². The summed E-state index contributed by atoms with van der Waals surface area (Å²) in [6.45, 7) is 1.36. The van der Waals surface area contributed by atoms with Crippen molar-refractivity contribution in [3.05, 3.63) is 65.7 Å². The third-order valence-corrected chi connectivity index (χ3v) is 7.04. The molecule has 0 N–H and O–H groups in total. The van der Waals surface area contributed by atoms with Gasteiger partial charge in [-0.15, -0.1) is 0 Å². The molecule has 0 aromatic heterocycles. The second-order valence-electron chi connectivity index (χ2n) is 7.29. The van der Waals surface area contributed by atoms with Gasteiger partial charge in [0.25, 0.3) is 0 Å². The van der Waals surface area contributed by atoms with E-state index in [4.69, 9.17) is 9.47 Å². The largest absolute Gasteiger partial charge is 0.455 e. The summed E-state index contributed by atoms with van der Waals surface area (Å²) in [7, 11) is -3.46. The van der Waals surface area contributed by atoms with Gasteiger partial charge in [-0.1, -0.05) is 30.3 Å². The van der Waals surface area contributed by atoms with Gasteiger partial charge in [0.15, 0.2) is 9.84 Å². The second-order valence-corrected chi connectivity index (χ2v) is 9.28. The first kappa shape index (κ1) is 18.2. The molecule has 5 nitrogen and oxygen atoms in total. The van der Waals surface area contributed by atoms with Crippen LogP contribution in [0.2, 0.25) is 0 Å². The van der Waals surface area contributed by atoms with Crippen LogP contribution < -0.4 is 0 Å². The van der Waals surface area contributed by atoms with Crippen molar-refractivity contribution in [2.24, 2.45) is 5.92 Å². The molecule has 1 saturated heterocycles. The summed E-state index contributed by atoms with van der Waals surface area (Å²) in [4.78, 5) is 12.9. The van der Waals surface area contributed by atoms with Gasteiger partial charge < -0.3 is 9.47 Å². The molecule has 0 amide bonds. The van der Waals surface area contributed by atoms with Crippen LogP contribution in [0.3, 0.4) is 0 Å². The molecule has 0 spiro atoms. The minimum Gasteiger partial charge on any atom is -0.455 e. The zero-order chi connectivity index (χ0) is 18.9. The molecular weight excluding hydrogens is 364 g/mol.